The Hall–Kier alpha value is -2.24. The Bertz CT molecular complexity index is 807. The van der Waals surface area contributed by atoms with E-state index in [1.54, 1.807) is 17.9 Å². The van der Waals surface area contributed by atoms with Gasteiger partial charge in [0.05, 0.1) is 11.5 Å². The molecule has 1 saturated heterocycles. The Morgan fingerprint density at radius 3 is 2.54 bits per heavy atom. The van der Waals surface area contributed by atoms with Crippen molar-refractivity contribution in [3.63, 3.8) is 0 Å². The number of rotatable bonds is 5. The molecule has 0 atom stereocenters. The van der Waals surface area contributed by atoms with Gasteiger partial charge in [-0.3, -0.25) is 0 Å². The Labute approximate surface area is 158 Å². The highest BCUT2D eigenvalue weighted by Gasteiger charge is 2.24. The topological polar surface area (TPSA) is 99.5 Å². The number of allylic oxidation sites excluding steroid dienone is 1. The second-order valence-electron chi connectivity index (χ2n) is 5.70. The van der Waals surface area contributed by atoms with Crippen molar-refractivity contribution in [1.29, 1.82) is 5.26 Å². The van der Waals surface area contributed by atoms with Crippen molar-refractivity contribution in [2.75, 3.05) is 19.7 Å². The summed E-state index contributed by atoms with van der Waals surface area (Å²) in [7, 11) is -3.91. The summed E-state index contributed by atoms with van der Waals surface area (Å²) in [5, 5.41) is 12.6. The van der Waals surface area contributed by atoms with Crippen molar-refractivity contribution < 1.29 is 17.9 Å². The molecule has 0 radical (unpaired) electrons. The van der Waals surface area contributed by atoms with Gasteiger partial charge in [0.15, 0.2) is 4.91 Å². The van der Waals surface area contributed by atoms with Crippen LogP contribution in [0.15, 0.2) is 40.3 Å². The standard InChI is InChI=1S/C17H20ClN3O4S/c1-2-25-17(22)21-9-7-14(8-10-21)20-12-16(11-19)26(23,24)15-5-3-13(18)4-6-15/h3-6,12,14,20H,2,7-10H2,1H3/b16-12+. The van der Waals surface area contributed by atoms with Gasteiger partial charge in [0.25, 0.3) is 0 Å². The SMILES string of the molecule is CCOC(=O)N1CCC(N/C=C(\C#N)S(=O)(=O)c2ccc(Cl)cc2)CC1. The molecule has 140 valence electrons. The summed E-state index contributed by atoms with van der Waals surface area (Å²) < 4.78 is 30.0. The molecule has 0 aromatic heterocycles. The molecule has 0 aliphatic carbocycles. The molecule has 9 heteroatoms. The molecule has 2 rings (SSSR count). The molecule has 26 heavy (non-hydrogen) atoms. The van der Waals surface area contributed by atoms with E-state index in [9.17, 15) is 18.5 Å². The van der Waals surface area contributed by atoms with Crippen LogP contribution < -0.4 is 5.32 Å². The lowest BCUT2D eigenvalue weighted by Gasteiger charge is -2.31. The summed E-state index contributed by atoms with van der Waals surface area (Å²) in [6.45, 7) is 3.10. The van der Waals surface area contributed by atoms with Gasteiger partial charge in [-0.25, -0.2) is 13.2 Å². The summed E-state index contributed by atoms with van der Waals surface area (Å²) >= 11 is 5.77. The molecule has 0 spiro atoms. The third-order valence-electron chi connectivity index (χ3n) is 3.99. The minimum atomic E-state index is -3.91. The van der Waals surface area contributed by atoms with Crippen LogP contribution in [0.4, 0.5) is 4.79 Å². The van der Waals surface area contributed by atoms with Gasteiger partial charge in [-0.1, -0.05) is 11.6 Å². The lowest BCUT2D eigenvalue weighted by Crippen LogP contribution is -2.44. The van der Waals surface area contributed by atoms with E-state index in [-0.39, 0.29) is 21.9 Å². The number of hydrogen-bond acceptors (Lipinski definition) is 6. The highest BCUT2D eigenvalue weighted by Crippen LogP contribution is 2.21. The van der Waals surface area contributed by atoms with Crippen LogP contribution in [0.2, 0.25) is 5.02 Å². The van der Waals surface area contributed by atoms with Gasteiger partial charge in [-0.15, -0.1) is 0 Å². The average Bonchev–Trinajstić information content (AvgIpc) is 2.63. The van der Waals surface area contributed by atoms with Crippen molar-refractivity contribution >= 4 is 27.5 Å². The summed E-state index contributed by atoms with van der Waals surface area (Å²) in [6.07, 6.45) is 2.16. The van der Waals surface area contributed by atoms with Crippen LogP contribution in [0.5, 0.6) is 0 Å². The molecule has 1 N–H and O–H groups in total. The Balaban J connectivity index is 2.01. The smallest absolute Gasteiger partial charge is 0.409 e. The predicted molar refractivity (Wildman–Crippen MR) is 97.1 cm³/mol. The Morgan fingerprint density at radius 1 is 1.38 bits per heavy atom. The number of nitrogens with one attached hydrogen (secondary N) is 1. The van der Waals surface area contributed by atoms with E-state index >= 15 is 0 Å². The largest absolute Gasteiger partial charge is 0.450 e. The maximum absolute atomic E-state index is 12.5. The van der Waals surface area contributed by atoms with Crippen LogP contribution in [-0.4, -0.2) is 45.1 Å². The molecule has 1 aromatic rings. The van der Waals surface area contributed by atoms with E-state index in [0.29, 0.717) is 37.6 Å². The first-order valence-electron chi connectivity index (χ1n) is 8.17. The second-order valence-corrected chi connectivity index (χ2v) is 8.06. The molecule has 1 aliphatic heterocycles. The molecule has 1 heterocycles. The minimum Gasteiger partial charge on any atom is -0.450 e. The van der Waals surface area contributed by atoms with E-state index < -0.39 is 9.84 Å². The predicted octanol–water partition coefficient (Wildman–Crippen LogP) is 2.69. The number of piperidine rings is 1. The third kappa shape index (κ3) is 4.90. The number of amides is 1. The maximum Gasteiger partial charge on any atom is 0.409 e. The van der Waals surface area contributed by atoms with Crippen LogP contribution in [0.25, 0.3) is 0 Å². The molecule has 0 bridgehead atoms. The van der Waals surface area contributed by atoms with Crippen LogP contribution in [0.3, 0.4) is 0 Å². The normalized spacial score (nSPS) is 16.0. The molecule has 0 unspecified atom stereocenters. The number of halogens is 1. The highest BCUT2D eigenvalue weighted by molar-refractivity contribution is 7.95. The number of ether oxygens (including phenoxy) is 1. The second kappa shape index (κ2) is 8.92. The van der Waals surface area contributed by atoms with Gasteiger partial charge in [-0.2, -0.15) is 5.26 Å². The fraction of sp³-hybridized carbons (Fsp3) is 0.412. The number of carbonyl (C=O) groups is 1. The molecule has 1 amide bonds. The fourth-order valence-corrected chi connectivity index (χ4v) is 3.77. The summed E-state index contributed by atoms with van der Waals surface area (Å²) in [5.74, 6) is 0. The summed E-state index contributed by atoms with van der Waals surface area (Å²) in [6, 6.07) is 7.35. The molecular formula is C17H20ClN3O4S. The van der Waals surface area contributed by atoms with Crippen LogP contribution in [0.1, 0.15) is 19.8 Å². The highest BCUT2D eigenvalue weighted by atomic mass is 35.5. The Kier molecular flexibility index (Phi) is 6.89. The van der Waals surface area contributed by atoms with E-state index in [4.69, 9.17) is 16.3 Å². The van der Waals surface area contributed by atoms with Crippen LogP contribution in [0, 0.1) is 11.3 Å². The van der Waals surface area contributed by atoms with Gasteiger partial charge < -0.3 is 15.0 Å². The van der Waals surface area contributed by atoms with Gasteiger partial charge in [-0.05, 0) is 44.0 Å². The average molecular weight is 398 g/mol. The first-order chi connectivity index (χ1) is 12.4. The quantitative estimate of drug-likeness (QED) is 0.767. The van der Waals surface area contributed by atoms with Crippen LogP contribution >= 0.6 is 11.6 Å². The monoisotopic (exact) mass is 397 g/mol. The van der Waals surface area contributed by atoms with Gasteiger partial charge >= 0.3 is 6.09 Å². The van der Waals surface area contributed by atoms with Crippen molar-refractivity contribution in [2.24, 2.45) is 0 Å². The summed E-state index contributed by atoms with van der Waals surface area (Å²) in [5.41, 5.74) is 0. The third-order valence-corrected chi connectivity index (χ3v) is 5.93. The Morgan fingerprint density at radius 2 is 2.00 bits per heavy atom. The van der Waals surface area contributed by atoms with Crippen molar-refractivity contribution in [2.45, 2.75) is 30.7 Å². The first kappa shape index (κ1) is 20.1. The number of hydrogen-bond donors (Lipinski definition) is 1. The maximum atomic E-state index is 12.5. The minimum absolute atomic E-state index is 0.00799. The lowest BCUT2D eigenvalue weighted by atomic mass is 10.1. The number of carbonyl (C=O) groups excluding carboxylic acids is 1. The zero-order valence-electron chi connectivity index (χ0n) is 14.3. The summed E-state index contributed by atoms with van der Waals surface area (Å²) in [4.78, 5) is 12.9. The van der Waals surface area contributed by atoms with E-state index in [1.165, 1.54) is 30.5 Å². The van der Waals surface area contributed by atoms with E-state index in [1.807, 2.05) is 0 Å². The zero-order chi connectivity index (χ0) is 19.2. The lowest BCUT2D eigenvalue weighted by molar-refractivity contribution is 0.0960. The van der Waals surface area contributed by atoms with Crippen molar-refractivity contribution in [3.8, 4) is 6.07 Å². The van der Waals surface area contributed by atoms with Crippen molar-refractivity contribution in [3.05, 3.63) is 40.4 Å². The van der Waals surface area contributed by atoms with Gasteiger partial charge in [0.2, 0.25) is 9.84 Å². The number of likely N-dealkylation sites (tertiary alicyclic amines) is 1. The van der Waals surface area contributed by atoms with Crippen LogP contribution in [-0.2, 0) is 14.6 Å². The fourth-order valence-electron chi connectivity index (χ4n) is 2.55. The molecule has 0 saturated carbocycles. The first-order valence-corrected chi connectivity index (χ1v) is 10.0. The number of sulfone groups is 1. The van der Waals surface area contributed by atoms with Crippen molar-refractivity contribution in [1.82, 2.24) is 10.2 Å². The van der Waals surface area contributed by atoms with Gasteiger partial charge in [0, 0.05) is 30.4 Å². The van der Waals surface area contributed by atoms with Gasteiger partial charge in [0.1, 0.15) is 6.07 Å². The molecule has 1 aromatic carbocycles. The zero-order valence-corrected chi connectivity index (χ0v) is 15.9. The van der Waals surface area contributed by atoms with E-state index in [0.717, 1.165) is 0 Å². The molecule has 7 nitrogen and oxygen atoms in total. The number of nitriles is 1. The van der Waals surface area contributed by atoms with E-state index in [2.05, 4.69) is 5.32 Å². The molecule has 1 aliphatic rings. The molecular weight excluding hydrogens is 378 g/mol. The molecule has 1 fully saturated rings. The number of benzene rings is 1. The number of nitrogens with zero attached hydrogens (tertiary/aromatic N) is 2.